The number of hydrogen-bond acceptors (Lipinski definition) is 5. The standard InChI is InChI=1S/C62H52N4O2/c1-61(2,3)43-15-11-14-42(34-43)50-20-13-19-49-40-24-28-45(29-25-40)67-46-30-26-41(27-31-46)53-38-63-59(37-54(53)62(4,5)6)66-55-21-8-7-18-51(55)52-33-32-48(36-58(52)66)68-47-17-12-16-44(35-47)64-39-65(60(49)50)57-23-10-9-22-56(57)64/h7-38H,39H2,1-6H3. The van der Waals surface area contributed by atoms with Crippen LogP contribution in [0.1, 0.15) is 52.7 Å². The summed E-state index contributed by atoms with van der Waals surface area (Å²) in [5.74, 6) is 3.91. The third-order valence-electron chi connectivity index (χ3n) is 13.6. The van der Waals surface area contributed by atoms with E-state index in [2.05, 4.69) is 238 Å². The van der Waals surface area contributed by atoms with Gasteiger partial charge in [-0.15, -0.1) is 0 Å². The van der Waals surface area contributed by atoms with E-state index in [1.807, 2.05) is 12.3 Å². The van der Waals surface area contributed by atoms with Crippen LogP contribution in [0.5, 0.6) is 23.0 Å². The fourth-order valence-electron chi connectivity index (χ4n) is 10.1. The maximum atomic E-state index is 6.85. The van der Waals surface area contributed by atoms with E-state index >= 15 is 0 Å². The molecule has 0 radical (unpaired) electrons. The van der Waals surface area contributed by atoms with Gasteiger partial charge in [0, 0.05) is 51.5 Å². The first-order valence-electron chi connectivity index (χ1n) is 23.5. The molecule has 5 aliphatic heterocycles. The summed E-state index contributed by atoms with van der Waals surface area (Å²) >= 11 is 0. The summed E-state index contributed by atoms with van der Waals surface area (Å²) in [5.41, 5.74) is 15.6. The lowest BCUT2D eigenvalue weighted by molar-refractivity contribution is 0.482. The number of benzene rings is 8. The number of hydrogen-bond donors (Lipinski definition) is 0. The van der Waals surface area contributed by atoms with Gasteiger partial charge in [-0.3, -0.25) is 4.57 Å². The molecule has 0 atom stereocenters. The number of anilines is 4. The van der Waals surface area contributed by atoms with Crippen LogP contribution in [-0.4, -0.2) is 16.2 Å². The van der Waals surface area contributed by atoms with Crippen LogP contribution >= 0.6 is 0 Å². The molecule has 332 valence electrons. The van der Waals surface area contributed by atoms with E-state index in [9.17, 15) is 0 Å². The summed E-state index contributed by atoms with van der Waals surface area (Å²) in [6.45, 7) is 14.2. The van der Waals surface area contributed by atoms with E-state index in [4.69, 9.17) is 14.5 Å². The van der Waals surface area contributed by atoms with Crippen molar-refractivity contribution in [1.82, 2.24) is 9.55 Å². The van der Waals surface area contributed by atoms with Gasteiger partial charge in [-0.25, -0.2) is 4.98 Å². The molecule has 7 heterocycles. The Balaban J connectivity index is 1.06. The van der Waals surface area contributed by atoms with Gasteiger partial charge in [0.1, 0.15) is 35.5 Å². The second-order valence-electron chi connectivity index (χ2n) is 20.1. The van der Waals surface area contributed by atoms with Crippen LogP contribution in [0.2, 0.25) is 0 Å². The smallest absolute Gasteiger partial charge is 0.137 e. The van der Waals surface area contributed by atoms with Gasteiger partial charge >= 0.3 is 0 Å². The molecule has 8 aromatic carbocycles. The molecular formula is C62H52N4O2. The number of fused-ring (bicyclic) bond motifs is 6. The molecule has 68 heavy (non-hydrogen) atoms. The monoisotopic (exact) mass is 884 g/mol. The Kier molecular flexibility index (Phi) is 9.59. The number of para-hydroxylation sites is 4. The van der Waals surface area contributed by atoms with E-state index in [0.29, 0.717) is 6.67 Å². The van der Waals surface area contributed by atoms with Crippen LogP contribution in [0.15, 0.2) is 194 Å². The Bertz CT molecular complexity index is 3570. The Morgan fingerprint density at radius 1 is 0.441 bits per heavy atom. The topological polar surface area (TPSA) is 42.8 Å². The van der Waals surface area contributed by atoms with Gasteiger partial charge in [0.25, 0.3) is 0 Å². The normalized spacial score (nSPS) is 13.3. The molecule has 0 aliphatic carbocycles. The molecule has 15 rings (SSSR count). The van der Waals surface area contributed by atoms with Gasteiger partial charge in [0.15, 0.2) is 0 Å². The second-order valence-corrected chi connectivity index (χ2v) is 20.1. The summed E-state index contributed by atoms with van der Waals surface area (Å²) in [5, 5.41) is 2.30. The minimum Gasteiger partial charge on any atom is -0.457 e. The molecule has 0 amide bonds. The number of rotatable bonds is 1. The molecule has 6 nitrogen and oxygen atoms in total. The highest BCUT2D eigenvalue weighted by Crippen LogP contribution is 2.51. The third kappa shape index (κ3) is 7.15. The van der Waals surface area contributed by atoms with Crippen LogP contribution in [-0.2, 0) is 10.8 Å². The van der Waals surface area contributed by atoms with E-state index in [1.54, 1.807) is 0 Å². The van der Waals surface area contributed by atoms with Crippen molar-refractivity contribution in [2.45, 2.75) is 52.4 Å². The zero-order valence-electron chi connectivity index (χ0n) is 39.3. The van der Waals surface area contributed by atoms with Crippen molar-refractivity contribution in [2.24, 2.45) is 0 Å². The quantitative estimate of drug-likeness (QED) is 0.164. The summed E-state index contributed by atoms with van der Waals surface area (Å²) in [6.07, 6.45) is 2.03. The van der Waals surface area contributed by atoms with Crippen LogP contribution in [0, 0.1) is 0 Å². The van der Waals surface area contributed by atoms with Crippen LogP contribution in [0.25, 0.3) is 61.0 Å². The van der Waals surface area contributed by atoms with Crippen molar-refractivity contribution in [1.29, 1.82) is 0 Å². The minimum absolute atomic E-state index is 0.00811. The Morgan fingerprint density at radius 2 is 1.04 bits per heavy atom. The predicted molar refractivity (Wildman–Crippen MR) is 281 cm³/mol. The van der Waals surface area contributed by atoms with Crippen molar-refractivity contribution < 1.29 is 9.47 Å². The largest absolute Gasteiger partial charge is 0.457 e. The Morgan fingerprint density at radius 3 is 1.78 bits per heavy atom. The molecule has 0 unspecified atom stereocenters. The Hall–Kier alpha value is -8.09. The first-order valence-corrected chi connectivity index (χ1v) is 23.5. The number of ether oxygens (including phenoxy) is 2. The van der Waals surface area contributed by atoms with Gasteiger partial charge in [-0.2, -0.15) is 0 Å². The van der Waals surface area contributed by atoms with E-state index in [0.717, 1.165) is 95.6 Å². The van der Waals surface area contributed by atoms with Gasteiger partial charge in [-0.05, 0) is 111 Å². The number of nitrogens with zero attached hydrogens (tertiary/aromatic N) is 4. The van der Waals surface area contributed by atoms with Crippen molar-refractivity contribution in [3.8, 4) is 62.2 Å². The maximum Gasteiger partial charge on any atom is 0.137 e. The fourth-order valence-corrected chi connectivity index (χ4v) is 10.1. The summed E-state index contributed by atoms with van der Waals surface area (Å²) in [4.78, 5) is 10.1. The second kappa shape index (κ2) is 15.8. The van der Waals surface area contributed by atoms with E-state index in [-0.39, 0.29) is 10.8 Å². The van der Waals surface area contributed by atoms with E-state index < -0.39 is 0 Å². The zero-order valence-corrected chi connectivity index (χ0v) is 39.3. The molecule has 12 bridgehead atoms. The molecule has 5 aliphatic rings. The average Bonchev–Trinajstić information content (AvgIpc) is 3.89. The minimum atomic E-state index is -0.173. The first kappa shape index (κ1) is 41.3. The number of pyridine rings is 1. The average molecular weight is 885 g/mol. The molecule has 0 N–H and O–H groups in total. The highest BCUT2D eigenvalue weighted by Gasteiger charge is 2.32. The highest BCUT2D eigenvalue weighted by atomic mass is 16.5. The lowest BCUT2D eigenvalue weighted by atomic mass is 9.82. The summed E-state index contributed by atoms with van der Waals surface area (Å²) < 4.78 is 15.7. The molecule has 2 aromatic heterocycles. The van der Waals surface area contributed by atoms with Crippen molar-refractivity contribution >= 4 is 44.6 Å². The fraction of sp³-hybridized carbons (Fsp3) is 0.145. The zero-order chi connectivity index (χ0) is 46.3. The lowest BCUT2D eigenvalue weighted by Gasteiger charge is -2.28. The van der Waals surface area contributed by atoms with Crippen molar-refractivity contribution in [3.63, 3.8) is 0 Å². The molecular weight excluding hydrogens is 833 g/mol. The molecule has 0 spiro atoms. The first-order chi connectivity index (χ1) is 32.9. The Labute approximate surface area is 398 Å². The summed E-state index contributed by atoms with van der Waals surface area (Å²) in [7, 11) is 0. The summed E-state index contributed by atoms with van der Waals surface area (Å²) in [6, 6.07) is 67.1. The van der Waals surface area contributed by atoms with Gasteiger partial charge in [-0.1, -0.05) is 145 Å². The number of aromatic nitrogens is 2. The third-order valence-corrected chi connectivity index (χ3v) is 13.6. The lowest BCUT2D eigenvalue weighted by Crippen LogP contribution is -2.25. The van der Waals surface area contributed by atoms with Crippen molar-refractivity contribution in [2.75, 3.05) is 16.5 Å². The molecule has 0 saturated carbocycles. The van der Waals surface area contributed by atoms with Crippen LogP contribution < -0.4 is 19.3 Å². The van der Waals surface area contributed by atoms with Crippen molar-refractivity contribution in [3.05, 3.63) is 205 Å². The molecule has 6 heteroatoms. The van der Waals surface area contributed by atoms with E-state index in [1.165, 1.54) is 22.3 Å². The predicted octanol–water partition coefficient (Wildman–Crippen LogP) is 16.9. The molecule has 0 fully saturated rings. The van der Waals surface area contributed by atoms with Crippen LogP contribution in [0.3, 0.4) is 0 Å². The molecule has 10 aromatic rings. The molecule has 0 saturated heterocycles. The van der Waals surface area contributed by atoms with Gasteiger partial charge in [0.05, 0.1) is 28.1 Å². The van der Waals surface area contributed by atoms with Crippen LogP contribution in [0.4, 0.5) is 22.7 Å². The maximum absolute atomic E-state index is 6.85. The van der Waals surface area contributed by atoms with Gasteiger partial charge < -0.3 is 19.3 Å². The highest BCUT2D eigenvalue weighted by molar-refractivity contribution is 6.09. The SMILES string of the molecule is CC(C)(C)c1cccc(-c2cccc3c2N2CN(c4cccc(c4)Oc4ccc5c6ccccc6n(c5c4)-c4cc(C(C)(C)C)c(cn4)-c4ccc(cc4)Oc4ccc-3cc4)c3ccccc32)c1. The van der Waals surface area contributed by atoms with Gasteiger partial charge in [0.2, 0.25) is 0 Å².